The maximum Gasteiger partial charge on any atom is 0.234 e. The number of piperidine rings is 1. The van der Waals surface area contributed by atoms with Gasteiger partial charge in [-0.1, -0.05) is 13.8 Å². The maximum absolute atomic E-state index is 5.71. The van der Waals surface area contributed by atoms with Crippen LogP contribution in [0.15, 0.2) is 12.4 Å². The van der Waals surface area contributed by atoms with Crippen LogP contribution in [0.1, 0.15) is 46.5 Å². The molecule has 0 aliphatic carbocycles. The van der Waals surface area contributed by atoms with Crippen molar-refractivity contribution in [3.05, 3.63) is 12.4 Å². The number of anilines is 1. The third-order valence-corrected chi connectivity index (χ3v) is 5.03. The Bertz CT molecular complexity index is 500. The van der Waals surface area contributed by atoms with Crippen molar-refractivity contribution in [1.82, 2.24) is 14.9 Å². The van der Waals surface area contributed by atoms with Gasteiger partial charge in [0.1, 0.15) is 0 Å². The number of rotatable bonds is 5. The van der Waals surface area contributed by atoms with Crippen molar-refractivity contribution in [2.45, 2.75) is 58.5 Å². The Kier molecular flexibility index (Phi) is 5.36. The fourth-order valence-corrected chi connectivity index (χ4v) is 3.74. The molecule has 0 spiro atoms. The average molecular weight is 318 g/mol. The van der Waals surface area contributed by atoms with E-state index in [0.717, 1.165) is 31.0 Å². The fraction of sp³-hybridized carbons (Fsp3) is 0.778. The van der Waals surface area contributed by atoms with Crippen molar-refractivity contribution in [3.8, 4) is 5.88 Å². The summed E-state index contributed by atoms with van der Waals surface area (Å²) in [5.74, 6) is 2.10. The zero-order valence-corrected chi connectivity index (χ0v) is 14.7. The van der Waals surface area contributed by atoms with Crippen LogP contribution in [-0.2, 0) is 0 Å². The van der Waals surface area contributed by atoms with Crippen LogP contribution in [0.4, 0.5) is 5.82 Å². The normalized spacial score (nSPS) is 23.7. The third kappa shape index (κ3) is 4.14. The highest BCUT2D eigenvalue weighted by molar-refractivity contribution is 5.38. The molecule has 0 amide bonds. The second-order valence-electron chi connectivity index (χ2n) is 7.37. The lowest BCUT2D eigenvalue weighted by Crippen LogP contribution is -2.46. The molecular formula is C18H30N4O. The minimum Gasteiger partial charge on any atom is -0.476 e. The lowest BCUT2D eigenvalue weighted by Gasteiger charge is -2.39. The lowest BCUT2D eigenvalue weighted by molar-refractivity contribution is 0.163. The Balaban J connectivity index is 1.56. The number of hydrogen-bond acceptors (Lipinski definition) is 5. The van der Waals surface area contributed by atoms with Crippen molar-refractivity contribution in [2.75, 3.05) is 31.1 Å². The summed E-state index contributed by atoms with van der Waals surface area (Å²) in [6.45, 7) is 10.8. The van der Waals surface area contributed by atoms with Crippen LogP contribution < -0.4 is 9.64 Å². The van der Waals surface area contributed by atoms with Gasteiger partial charge in [0.05, 0.1) is 19.0 Å². The number of nitrogens with zero attached hydrogens (tertiary/aromatic N) is 4. The monoisotopic (exact) mass is 318 g/mol. The lowest BCUT2D eigenvalue weighted by atomic mass is 10.0. The molecule has 0 radical (unpaired) electrons. The van der Waals surface area contributed by atoms with E-state index in [2.05, 4.69) is 40.5 Å². The van der Waals surface area contributed by atoms with Crippen molar-refractivity contribution in [3.63, 3.8) is 0 Å². The summed E-state index contributed by atoms with van der Waals surface area (Å²) >= 11 is 0. The second kappa shape index (κ2) is 7.47. The summed E-state index contributed by atoms with van der Waals surface area (Å²) in [4.78, 5) is 14.0. The zero-order chi connectivity index (χ0) is 16.2. The van der Waals surface area contributed by atoms with E-state index in [1.165, 1.54) is 32.2 Å². The Hall–Kier alpha value is -1.36. The Morgan fingerprint density at radius 1 is 1.17 bits per heavy atom. The fourth-order valence-electron chi connectivity index (χ4n) is 3.74. The zero-order valence-electron chi connectivity index (χ0n) is 14.7. The Morgan fingerprint density at radius 3 is 2.61 bits per heavy atom. The summed E-state index contributed by atoms with van der Waals surface area (Å²) in [6.07, 6.45) is 8.75. The first-order valence-electron chi connectivity index (χ1n) is 9.09. The van der Waals surface area contributed by atoms with E-state index in [0.29, 0.717) is 18.4 Å². The smallest absolute Gasteiger partial charge is 0.234 e. The maximum atomic E-state index is 5.71. The molecule has 2 saturated heterocycles. The minimum absolute atomic E-state index is 0.499. The highest BCUT2D eigenvalue weighted by Gasteiger charge is 2.30. The van der Waals surface area contributed by atoms with Crippen molar-refractivity contribution in [2.24, 2.45) is 5.92 Å². The van der Waals surface area contributed by atoms with Gasteiger partial charge in [-0.15, -0.1) is 0 Å². The first-order chi connectivity index (χ1) is 11.1. The van der Waals surface area contributed by atoms with Crippen LogP contribution in [-0.4, -0.2) is 53.2 Å². The molecule has 1 atom stereocenters. The molecule has 1 unspecified atom stereocenters. The highest BCUT2D eigenvalue weighted by Crippen LogP contribution is 2.27. The topological polar surface area (TPSA) is 41.5 Å². The molecule has 2 fully saturated rings. The quantitative estimate of drug-likeness (QED) is 0.835. The van der Waals surface area contributed by atoms with Gasteiger partial charge in [-0.3, -0.25) is 9.88 Å². The standard InChI is InChI=1S/C18H30N4O/c1-14(2)13-23-18-12-19-11-17(20-18)21-9-6-16(7-10-21)22-8-4-5-15(22)3/h11-12,14-16H,4-10,13H2,1-3H3. The van der Waals surface area contributed by atoms with Gasteiger partial charge in [0, 0.05) is 25.2 Å². The average Bonchev–Trinajstić information content (AvgIpc) is 2.99. The summed E-state index contributed by atoms with van der Waals surface area (Å²) < 4.78 is 5.71. The van der Waals surface area contributed by atoms with E-state index in [1.54, 1.807) is 6.20 Å². The first kappa shape index (κ1) is 16.5. The second-order valence-corrected chi connectivity index (χ2v) is 7.37. The van der Waals surface area contributed by atoms with Gasteiger partial charge in [0.15, 0.2) is 5.82 Å². The molecular weight excluding hydrogens is 288 g/mol. The molecule has 2 aliphatic rings. The molecule has 0 saturated carbocycles. The first-order valence-corrected chi connectivity index (χ1v) is 9.09. The van der Waals surface area contributed by atoms with E-state index in [1.807, 2.05) is 6.20 Å². The van der Waals surface area contributed by atoms with Crippen LogP contribution >= 0.6 is 0 Å². The molecule has 128 valence electrons. The van der Waals surface area contributed by atoms with Gasteiger partial charge < -0.3 is 9.64 Å². The van der Waals surface area contributed by atoms with Crippen LogP contribution in [0.3, 0.4) is 0 Å². The van der Waals surface area contributed by atoms with Gasteiger partial charge in [-0.05, 0) is 45.1 Å². The molecule has 23 heavy (non-hydrogen) atoms. The van der Waals surface area contributed by atoms with E-state index in [9.17, 15) is 0 Å². The predicted molar refractivity (Wildman–Crippen MR) is 93.0 cm³/mol. The summed E-state index contributed by atoms with van der Waals surface area (Å²) in [5, 5.41) is 0. The summed E-state index contributed by atoms with van der Waals surface area (Å²) in [7, 11) is 0. The minimum atomic E-state index is 0.499. The van der Waals surface area contributed by atoms with Crippen molar-refractivity contribution < 1.29 is 4.74 Å². The van der Waals surface area contributed by atoms with E-state index in [-0.39, 0.29) is 0 Å². The molecule has 3 rings (SSSR count). The molecule has 5 nitrogen and oxygen atoms in total. The van der Waals surface area contributed by atoms with Gasteiger partial charge in [0.2, 0.25) is 5.88 Å². The Morgan fingerprint density at radius 2 is 1.96 bits per heavy atom. The van der Waals surface area contributed by atoms with E-state index < -0.39 is 0 Å². The van der Waals surface area contributed by atoms with Crippen LogP contribution in [0, 0.1) is 5.92 Å². The van der Waals surface area contributed by atoms with Crippen LogP contribution in [0.2, 0.25) is 0 Å². The number of likely N-dealkylation sites (tertiary alicyclic amines) is 1. The van der Waals surface area contributed by atoms with Gasteiger partial charge in [-0.25, -0.2) is 0 Å². The van der Waals surface area contributed by atoms with E-state index in [4.69, 9.17) is 4.74 Å². The highest BCUT2D eigenvalue weighted by atomic mass is 16.5. The van der Waals surface area contributed by atoms with Crippen molar-refractivity contribution >= 4 is 5.82 Å². The van der Waals surface area contributed by atoms with Gasteiger partial charge in [-0.2, -0.15) is 4.98 Å². The number of hydrogen-bond donors (Lipinski definition) is 0. The largest absolute Gasteiger partial charge is 0.476 e. The van der Waals surface area contributed by atoms with Gasteiger partial charge >= 0.3 is 0 Å². The Labute approximate surface area is 140 Å². The molecule has 3 heterocycles. The van der Waals surface area contributed by atoms with Crippen LogP contribution in [0.25, 0.3) is 0 Å². The molecule has 0 aromatic carbocycles. The predicted octanol–water partition coefficient (Wildman–Crippen LogP) is 2.96. The van der Waals surface area contributed by atoms with Gasteiger partial charge in [0.25, 0.3) is 0 Å². The number of aromatic nitrogens is 2. The summed E-state index contributed by atoms with van der Waals surface area (Å²) in [5.41, 5.74) is 0. The molecule has 1 aromatic heterocycles. The van der Waals surface area contributed by atoms with Crippen molar-refractivity contribution in [1.29, 1.82) is 0 Å². The van der Waals surface area contributed by atoms with E-state index >= 15 is 0 Å². The molecule has 0 N–H and O–H groups in total. The molecule has 2 aliphatic heterocycles. The van der Waals surface area contributed by atoms with Crippen LogP contribution in [0.5, 0.6) is 5.88 Å². The number of ether oxygens (including phenoxy) is 1. The molecule has 0 bridgehead atoms. The molecule has 1 aromatic rings. The SMILES string of the molecule is CC(C)COc1cncc(N2CCC(N3CCCC3C)CC2)n1. The summed E-state index contributed by atoms with van der Waals surface area (Å²) in [6, 6.07) is 1.51. The molecule has 5 heteroatoms. The third-order valence-electron chi connectivity index (χ3n) is 5.03.